The van der Waals surface area contributed by atoms with Gasteiger partial charge in [0, 0.05) is 6.07 Å². The molecule has 14 heavy (non-hydrogen) atoms. The van der Waals surface area contributed by atoms with Crippen LogP contribution in [-0.2, 0) is 4.74 Å². The number of nitrogens with zero attached hydrogens (tertiary/aromatic N) is 1. The average Bonchev–Trinajstić information content (AvgIpc) is 2.29. The first-order valence-electron chi connectivity index (χ1n) is 5.31. The maximum absolute atomic E-state index is 5.83. The van der Waals surface area contributed by atoms with Crippen LogP contribution in [0.3, 0.4) is 0 Å². The Kier molecular flexibility index (Phi) is 1.91. The molecule has 2 unspecified atom stereocenters. The quantitative estimate of drug-likeness (QED) is 0.626. The Labute approximate surface area is 83.7 Å². The predicted molar refractivity (Wildman–Crippen MR) is 52.8 cm³/mol. The molecular weight excluding hydrogens is 176 g/mol. The Bertz CT molecular complexity index is 340. The summed E-state index contributed by atoms with van der Waals surface area (Å²) in [5.41, 5.74) is 0. The minimum atomic E-state index is 0.265. The van der Waals surface area contributed by atoms with E-state index in [0.717, 1.165) is 13.2 Å². The molecule has 3 heterocycles. The zero-order valence-corrected chi connectivity index (χ0v) is 8.15. The molecule has 0 saturated carbocycles. The van der Waals surface area contributed by atoms with E-state index in [1.54, 1.807) is 0 Å². The van der Waals surface area contributed by atoms with Gasteiger partial charge in [0.1, 0.15) is 0 Å². The highest BCUT2D eigenvalue weighted by Crippen LogP contribution is 2.29. The summed E-state index contributed by atoms with van der Waals surface area (Å²) >= 11 is 0. The van der Waals surface area contributed by atoms with Crippen molar-refractivity contribution in [3.63, 3.8) is 0 Å². The third-order valence-electron chi connectivity index (χ3n) is 3.12. The smallest absolute Gasteiger partial charge is 0.276 e. The van der Waals surface area contributed by atoms with Gasteiger partial charge < -0.3 is 4.74 Å². The molecule has 74 valence electrons. The molecule has 1 aromatic rings. The summed E-state index contributed by atoms with van der Waals surface area (Å²) in [6, 6.07) is 6.22. The Morgan fingerprint density at radius 3 is 3.43 bits per heavy atom. The number of nitrogens with one attached hydrogen (secondary N) is 1. The Morgan fingerprint density at radius 1 is 1.43 bits per heavy atom. The maximum Gasteiger partial charge on any atom is 0.276 e. The molecule has 2 atom stereocenters. The van der Waals surface area contributed by atoms with Gasteiger partial charge in [-0.15, -0.1) is 0 Å². The van der Waals surface area contributed by atoms with Crippen LogP contribution in [0.25, 0.3) is 0 Å². The molecule has 1 aromatic heterocycles. The Hall–Kier alpha value is -1.09. The van der Waals surface area contributed by atoms with Gasteiger partial charge in [0.2, 0.25) is 6.23 Å². The van der Waals surface area contributed by atoms with Crippen molar-refractivity contribution < 1.29 is 9.30 Å². The normalized spacial score (nSPS) is 30.0. The lowest BCUT2D eigenvalue weighted by Gasteiger charge is -2.33. The highest BCUT2D eigenvalue weighted by atomic mass is 16.5. The van der Waals surface area contributed by atoms with E-state index in [4.69, 9.17) is 4.74 Å². The van der Waals surface area contributed by atoms with Crippen LogP contribution < -0.4 is 9.88 Å². The number of aromatic nitrogens is 1. The average molecular weight is 191 g/mol. The molecule has 0 amide bonds. The van der Waals surface area contributed by atoms with Crippen LogP contribution in [0.4, 0.5) is 5.82 Å². The van der Waals surface area contributed by atoms with Crippen molar-refractivity contribution >= 4 is 5.82 Å². The van der Waals surface area contributed by atoms with Crippen molar-refractivity contribution in [1.82, 2.24) is 0 Å². The van der Waals surface area contributed by atoms with Gasteiger partial charge in [-0.2, -0.15) is 0 Å². The van der Waals surface area contributed by atoms with Crippen molar-refractivity contribution in [1.29, 1.82) is 0 Å². The number of ether oxygens (including phenoxy) is 1. The van der Waals surface area contributed by atoms with Crippen molar-refractivity contribution in [3.8, 4) is 0 Å². The summed E-state index contributed by atoms with van der Waals surface area (Å²) in [6.45, 7) is 1.96. The molecule has 2 aliphatic heterocycles. The second-order valence-corrected chi connectivity index (χ2v) is 4.04. The van der Waals surface area contributed by atoms with Gasteiger partial charge in [0.05, 0.1) is 25.3 Å². The fourth-order valence-electron chi connectivity index (χ4n) is 2.40. The van der Waals surface area contributed by atoms with Crippen molar-refractivity contribution in [2.75, 3.05) is 18.5 Å². The number of hydrogen-bond acceptors (Lipinski definition) is 2. The van der Waals surface area contributed by atoms with Gasteiger partial charge in [-0.05, 0) is 18.9 Å². The van der Waals surface area contributed by atoms with Crippen LogP contribution in [-0.4, -0.2) is 13.2 Å². The topological polar surface area (TPSA) is 25.1 Å². The van der Waals surface area contributed by atoms with Gasteiger partial charge in [0.15, 0.2) is 0 Å². The molecule has 0 bridgehead atoms. The largest absolute Gasteiger partial charge is 0.339 e. The summed E-state index contributed by atoms with van der Waals surface area (Å²) in [5.74, 6) is 1.82. The lowest BCUT2D eigenvalue weighted by molar-refractivity contribution is -0.764. The maximum atomic E-state index is 5.83. The molecule has 3 heteroatoms. The lowest BCUT2D eigenvalue weighted by atomic mass is 9.97. The third-order valence-corrected chi connectivity index (χ3v) is 3.12. The van der Waals surface area contributed by atoms with Crippen LogP contribution >= 0.6 is 0 Å². The van der Waals surface area contributed by atoms with E-state index in [2.05, 4.69) is 34.3 Å². The molecular formula is C11H15N2O+. The summed E-state index contributed by atoms with van der Waals surface area (Å²) in [6.07, 6.45) is 4.84. The summed E-state index contributed by atoms with van der Waals surface area (Å²) in [7, 11) is 0. The van der Waals surface area contributed by atoms with E-state index in [-0.39, 0.29) is 6.23 Å². The first kappa shape index (κ1) is 8.24. The standard InChI is InChI=1S/C11H14N2O/c1-2-6-13-10(5-1)12-8-9-4-3-7-14-11(9)13/h1-2,5-6,9,11H,3-4,7-8H2/p+1. The van der Waals surface area contributed by atoms with Crippen molar-refractivity contribution in [2.24, 2.45) is 5.92 Å². The molecule has 0 radical (unpaired) electrons. The Morgan fingerprint density at radius 2 is 2.43 bits per heavy atom. The summed E-state index contributed by atoms with van der Waals surface area (Å²) in [4.78, 5) is 0. The second kappa shape index (κ2) is 3.24. The number of anilines is 1. The van der Waals surface area contributed by atoms with Gasteiger partial charge >= 0.3 is 0 Å². The molecule has 1 saturated heterocycles. The van der Waals surface area contributed by atoms with Crippen LogP contribution in [0.1, 0.15) is 19.1 Å². The fourth-order valence-corrected chi connectivity index (χ4v) is 2.40. The van der Waals surface area contributed by atoms with Gasteiger partial charge in [0.25, 0.3) is 5.82 Å². The molecule has 3 nitrogen and oxygen atoms in total. The number of pyridine rings is 1. The van der Waals surface area contributed by atoms with E-state index in [0.29, 0.717) is 5.92 Å². The number of rotatable bonds is 0. The van der Waals surface area contributed by atoms with E-state index < -0.39 is 0 Å². The lowest BCUT2D eigenvalue weighted by Crippen LogP contribution is -2.54. The van der Waals surface area contributed by atoms with Crippen LogP contribution in [0.2, 0.25) is 0 Å². The van der Waals surface area contributed by atoms with E-state index in [9.17, 15) is 0 Å². The van der Waals surface area contributed by atoms with Gasteiger partial charge in [-0.1, -0.05) is 6.07 Å². The van der Waals surface area contributed by atoms with E-state index in [1.807, 2.05) is 0 Å². The van der Waals surface area contributed by atoms with Crippen LogP contribution in [0, 0.1) is 5.92 Å². The van der Waals surface area contributed by atoms with Crippen molar-refractivity contribution in [3.05, 3.63) is 24.4 Å². The van der Waals surface area contributed by atoms with Gasteiger partial charge in [-0.3, -0.25) is 5.32 Å². The van der Waals surface area contributed by atoms with E-state index >= 15 is 0 Å². The molecule has 1 N–H and O–H groups in total. The minimum absolute atomic E-state index is 0.265. The second-order valence-electron chi connectivity index (χ2n) is 4.04. The molecule has 0 aromatic carbocycles. The molecule has 0 aliphatic carbocycles. The van der Waals surface area contributed by atoms with Crippen molar-refractivity contribution in [2.45, 2.75) is 19.1 Å². The molecule has 2 aliphatic rings. The number of hydrogen-bond donors (Lipinski definition) is 1. The first-order valence-corrected chi connectivity index (χ1v) is 5.31. The highest BCUT2D eigenvalue weighted by Gasteiger charge is 2.36. The minimum Gasteiger partial charge on any atom is -0.339 e. The SMILES string of the molecule is c1cc[n+]2c(c1)NCC1CCCOC12. The van der Waals surface area contributed by atoms with Gasteiger partial charge in [-0.25, -0.2) is 4.57 Å². The monoisotopic (exact) mass is 191 g/mol. The zero-order chi connectivity index (χ0) is 9.38. The van der Waals surface area contributed by atoms with Crippen LogP contribution in [0.5, 0.6) is 0 Å². The first-order chi connectivity index (χ1) is 6.95. The Balaban J connectivity index is 1.99. The third kappa shape index (κ3) is 1.20. The molecule has 3 rings (SSSR count). The molecule has 0 spiro atoms. The highest BCUT2D eigenvalue weighted by molar-refractivity contribution is 5.28. The summed E-state index contributed by atoms with van der Waals surface area (Å²) < 4.78 is 8.05. The zero-order valence-electron chi connectivity index (χ0n) is 8.15. The van der Waals surface area contributed by atoms with Crippen LogP contribution in [0.15, 0.2) is 24.4 Å². The predicted octanol–water partition coefficient (Wildman–Crippen LogP) is 1.32. The summed E-state index contributed by atoms with van der Waals surface area (Å²) in [5, 5.41) is 3.44. The fraction of sp³-hybridized carbons (Fsp3) is 0.545. The van der Waals surface area contributed by atoms with E-state index in [1.165, 1.54) is 18.7 Å². The number of fused-ring (bicyclic) bond motifs is 3. The molecule has 1 fully saturated rings.